The summed E-state index contributed by atoms with van der Waals surface area (Å²) in [5.41, 5.74) is 2.50. The minimum Gasteiger partial charge on any atom is -0.325 e. The van der Waals surface area contributed by atoms with Gasteiger partial charge >= 0.3 is 0 Å². The number of ketones is 1. The van der Waals surface area contributed by atoms with Gasteiger partial charge in [-0.3, -0.25) is 9.59 Å². The van der Waals surface area contributed by atoms with Crippen LogP contribution < -0.4 is 5.32 Å². The second kappa shape index (κ2) is 6.60. The van der Waals surface area contributed by atoms with Gasteiger partial charge in [0.2, 0.25) is 5.91 Å². The quantitative estimate of drug-likeness (QED) is 0.700. The van der Waals surface area contributed by atoms with E-state index in [1.54, 1.807) is 12.1 Å². The molecule has 3 heteroatoms. The number of amides is 1. The maximum absolute atomic E-state index is 13.1. The van der Waals surface area contributed by atoms with Gasteiger partial charge in [0.25, 0.3) is 0 Å². The lowest BCUT2D eigenvalue weighted by atomic mass is 9.72. The first-order chi connectivity index (χ1) is 12.7. The molecule has 1 N–H and O–H groups in total. The van der Waals surface area contributed by atoms with Crippen molar-refractivity contribution in [1.82, 2.24) is 0 Å². The summed E-state index contributed by atoms with van der Waals surface area (Å²) >= 11 is 0. The maximum Gasteiger partial charge on any atom is 0.235 e. The summed E-state index contributed by atoms with van der Waals surface area (Å²) in [4.78, 5) is 26.0. The average Bonchev–Trinajstić information content (AvgIpc) is 2.95. The highest BCUT2D eigenvalue weighted by molar-refractivity contribution is 6.10. The Morgan fingerprint density at radius 1 is 0.808 bits per heavy atom. The van der Waals surface area contributed by atoms with Crippen molar-refractivity contribution in [3.05, 3.63) is 102 Å². The molecule has 0 aromatic heterocycles. The summed E-state index contributed by atoms with van der Waals surface area (Å²) in [6.45, 7) is 0. The second-order valence-electron chi connectivity index (χ2n) is 6.71. The zero-order chi connectivity index (χ0) is 18.0. The molecule has 3 aromatic rings. The molecule has 3 aromatic carbocycles. The molecule has 26 heavy (non-hydrogen) atoms. The average molecular weight is 341 g/mol. The lowest BCUT2D eigenvalue weighted by molar-refractivity contribution is -0.120. The van der Waals surface area contributed by atoms with Crippen LogP contribution in [0.4, 0.5) is 5.69 Å². The number of hydrogen-bond donors (Lipinski definition) is 1. The minimum absolute atomic E-state index is 0.0200. The molecule has 1 atom stereocenters. The molecule has 0 aliphatic carbocycles. The predicted molar refractivity (Wildman–Crippen MR) is 102 cm³/mol. The van der Waals surface area contributed by atoms with Crippen LogP contribution in [0.2, 0.25) is 0 Å². The van der Waals surface area contributed by atoms with Crippen LogP contribution >= 0.6 is 0 Å². The molecule has 0 unspecified atom stereocenters. The van der Waals surface area contributed by atoms with Crippen molar-refractivity contribution in [2.24, 2.45) is 0 Å². The van der Waals surface area contributed by atoms with Gasteiger partial charge in [0.15, 0.2) is 5.78 Å². The molecule has 0 radical (unpaired) electrons. The fourth-order valence-electron chi connectivity index (χ4n) is 3.73. The van der Waals surface area contributed by atoms with Crippen molar-refractivity contribution >= 4 is 17.4 Å². The summed E-state index contributed by atoms with van der Waals surface area (Å²) < 4.78 is 0. The Bertz CT molecular complexity index is 950. The number of carbonyl (C=O) groups excluding carboxylic acids is 2. The highest BCUT2D eigenvalue weighted by Crippen LogP contribution is 2.43. The molecule has 1 heterocycles. The van der Waals surface area contributed by atoms with Crippen LogP contribution in [0.25, 0.3) is 0 Å². The van der Waals surface area contributed by atoms with E-state index in [0.717, 1.165) is 16.8 Å². The van der Waals surface area contributed by atoms with Crippen LogP contribution in [0.1, 0.15) is 27.9 Å². The van der Waals surface area contributed by atoms with E-state index in [2.05, 4.69) is 5.32 Å². The summed E-state index contributed by atoms with van der Waals surface area (Å²) in [6, 6.07) is 26.7. The lowest BCUT2D eigenvalue weighted by Gasteiger charge is -2.27. The van der Waals surface area contributed by atoms with Crippen molar-refractivity contribution in [2.45, 2.75) is 18.3 Å². The molecule has 0 bridgehead atoms. The van der Waals surface area contributed by atoms with Gasteiger partial charge in [0.05, 0.1) is 5.41 Å². The van der Waals surface area contributed by atoms with Crippen molar-refractivity contribution in [3.8, 4) is 0 Å². The zero-order valence-corrected chi connectivity index (χ0v) is 14.3. The molecule has 4 rings (SSSR count). The molecule has 0 saturated heterocycles. The number of anilines is 1. The normalized spacial score (nSPS) is 18.2. The lowest BCUT2D eigenvalue weighted by Crippen LogP contribution is -2.39. The van der Waals surface area contributed by atoms with Gasteiger partial charge in [0, 0.05) is 17.7 Å². The molecule has 3 nitrogen and oxygen atoms in total. The Hall–Kier alpha value is -3.20. The van der Waals surface area contributed by atoms with E-state index in [1.165, 1.54) is 0 Å². The number of fused-ring (bicyclic) bond motifs is 1. The standard InChI is InChI=1S/C23H19NO2/c25-21(18-11-5-2-6-12-18)16-23(15-17-9-3-1-4-10-17)19-13-7-8-14-20(19)24-22(23)26/h1-14H,15-16H2,(H,24,26)/t23-/m0/s1. The van der Waals surface area contributed by atoms with Gasteiger partial charge in [-0.2, -0.15) is 0 Å². The highest BCUT2D eigenvalue weighted by atomic mass is 16.2. The van der Waals surface area contributed by atoms with Gasteiger partial charge < -0.3 is 5.32 Å². The van der Waals surface area contributed by atoms with Gasteiger partial charge in [-0.05, 0) is 23.6 Å². The Morgan fingerprint density at radius 3 is 2.15 bits per heavy atom. The second-order valence-corrected chi connectivity index (χ2v) is 6.71. The van der Waals surface area contributed by atoms with Crippen LogP contribution in [0.3, 0.4) is 0 Å². The summed E-state index contributed by atoms with van der Waals surface area (Å²) in [5.74, 6) is -0.125. The highest BCUT2D eigenvalue weighted by Gasteiger charge is 2.48. The van der Waals surface area contributed by atoms with Crippen LogP contribution in [-0.2, 0) is 16.6 Å². The molecule has 1 aliphatic rings. The van der Waals surface area contributed by atoms with Crippen LogP contribution in [0.5, 0.6) is 0 Å². The molecule has 0 spiro atoms. The van der Waals surface area contributed by atoms with Crippen molar-refractivity contribution in [1.29, 1.82) is 0 Å². The first kappa shape index (κ1) is 16.3. The molecule has 0 saturated carbocycles. The van der Waals surface area contributed by atoms with E-state index in [-0.39, 0.29) is 18.1 Å². The third-order valence-electron chi connectivity index (χ3n) is 5.03. The molecule has 0 fully saturated rings. The van der Waals surface area contributed by atoms with Crippen LogP contribution in [-0.4, -0.2) is 11.7 Å². The fourth-order valence-corrected chi connectivity index (χ4v) is 3.73. The smallest absolute Gasteiger partial charge is 0.235 e. The SMILES string of the molecule is O=C(C[C@]1(Cc2ccccc2)C(=O)Nc2ccccc21)c1ccccc1. The monoisotopic (exact) mass is 341 g/mol. The first-order valence-electron chi connectivity index (χ1n) is 8.72. The topological polar surface area (TPSA) is 46.2 Å². The number of hydrogen-bond acceptors (Lipinski definition) is 2. The van der Waals surface area contributed by atoms with Crippen molar-refractivity contribution in [2.75, 3.05) is 5.32 Å². The predicted octanol–water partition coefficient (Wildman–Crippen LogP) is 4.39. The fraction of sp³-hybridized carbons (Fsp3) is 0.130. The summed E-state index contributed by atoms with van der Waals surface area (Å²) in [5, 5.41) is 2.97. The Kier molecular flexibility index (Phi) is 4.13. The van der Waals surface area contributed by atoms with Crippen LogP contribution in [0.15, 0.2) is 84.9 Å². The first-order valence-corrected chi connectivity index (χ1v) is 8.72. The third-order valence-corrected chi connectivity index (χ3v) is 5.03. The van der Waals surface area contributed by atoms with Gasteiger partial charge in [0.1, 0.15) is 0 Å². The van der Waals surface area contributed by atoms with Gasteiger partial charge in [-0.1, -0.05) is 78.9 Å². The van der Waals surface area contributed by atoms with E-state index in [1.807, 2.05) is 72.8 Å². The number of Topliss-reactive ketones (excluding diaryl/α,β-unsaturated/α-hetero) is 1. The largest absolute Gasteiger partial charge is 0.325 e. The molecular weight excluding hydrogens is 322 g/mol. The third kappa shape index (κ3) is 2.82. The van der Waals surface area contributed by atoms with Crippen LogP contribution in [0, 0.1) is 0 Å². The van der Waals surface area contributed by atoms with E-state index in [0.29, 0.717) is 12.0 Å². The molecule has 128 valence electrons. The number of benzene rings is 3. The Balaban J connectivity index is 1.78. The van der Waals surface area contributed by atoms with E-state index in [4.69, 9.17) is 0 Å². The molecule has 1 amide bonds. The van der Waals surface area contributed by atoms with Gasteiger partial charge in [-0.25, -0.2) is 0 Å². The van der Waals surface area contributed by atoms with Crippen molar-refractivity contribution < 1.29 is 9.59 Å². The Labute approximate surface area is 152 Å². The minimum atomic E-state index is -0.884. The van der Waals surface area contributed by atoms with E-state index < -0.39 is 5.41 Å². The number of rotatable bonds is 5. The van der Waals surface area contributed by atoms with E-state index >= 15 is 0 Å². The molecule has 1 aliphatic heterocycles. The van der Waals surface area contributed by atoms with E-state index in [9.17, 15) is 9.59 Å². The zero-order valence-electron chi connectivity index (χ0n) is 14.3. The number of para-hydroxylation sites is 1. The number of nitrogens with one attached hydrogen (secondary N) is 1. The maximum atomic E-state index is 13.1. The van der Waals surface area contributed by atoms with Gasteiger partial charge in [-0.15, -0.1) is 0 Å². The van der Waals surface area contributed by atoms with Crippen molar-refractivity contribution in [3.63, 3.8) is 0 Å². The Morgan fingerprint density at radius 2 is 1.42 bits per heavy atom. The molecular formula is C23H19NO2. The number of carbonyl (C=O) groups is 2. The summed E-state index contributed by atoms with van der Waals surface area (Å²) in [7, 11) is 0. The summed E-state index contributed by atoms with van der Waals surface area (Å²) in [6.07, 6.45) is 0.643.